The Kier molecular flexibility index (Phi) is 6.32. The molecule has 2 aliphatic rings. The van der Waals surface area contributed by atoms with Gasteiger partial charge in [-0.1, -0.05) is 0 Å². The number of carbonyl (C=O) groups excluding carboxylic acids is 1. The van der Waals surface area contributed by atoms with Crippen LogP contribution >= 0.6 is 0 Å². The molecule has 1 saturated heterocycles. The van der Waals surface area contributed by atoms with Crippen molar-refractivity contribution in [2.75, 3.05) is 13.7 Å². The fraction of sp³-hybridized carbons (Fsp3) is 0.944. The average molecular weight is 326 g/mol. The summed E-state index contributed by atoms with van der Waals surface area (Å²) in [5, 5.41) is 3.79. The molecule has 0 radical (unpaired) electrons. The summed E-state index contributed by atoms with van der Waals surface area (Å²) in [6, 6.07) is 1.09. The average Bonchev–Trinajstić information content (AvgIpc) is 2.48. The molecule has 1 aliphatic heterocycles. The van der Waals surface area contributed by atoms with Crippen molar-refractivity contribution < 1.29 is 14.3 Å². The lowest BCUT2D eigenvalue weighted by atomic mass is 9.90. The first-order valence-corrected chi connectivity index (χ1v) is 9.08. The molecule has 2 atom stereocenters. The summed E-state index contributed by atoms with van der Waals surface area (Å²) in [5.74, 6) is 0. The fourth-order valence-electron chi connectivity index (χ4n) is 3.71. The van der Waals surface area contributed by atoms with E-state index in [-0.39, 0.29) is 12.1 Å². The van der Waals surface area contributed by atoms with Gasteiger partial charge in [-0.3, -0.25) is 0 Å². The highest BCUT2D eigenvalue weighted by atomic mass is 16.6. The van der Waals surface area contributed by atoms with Crippen LogP contribution in [-0.2, 0) is 9.47 Å². The SMILES string of the molecule is COC1CCC(NC2CCCN(C(=O)OC(C)(C)C)C2C)CC1. The van der Waals surface area contributed by atoms with Crippen LogP contribution in [0.25, 0.3) is 0 Å². The lowest BCUT2D eigenvalue weighted by Gasteiger charge is -2.42. The Morgan fingerprint density at radius 1 is 1.13 bits per heavy atom. The van der Waals surface area contributed by atoms with E-state index in [0.717, 1.165) is 45.1 Å². The number of amides is 1. The standard InChI is InChI=1S/C18H34N2O3/c1-13-16(19-14-8-10-15(22-5)11-9-14)7-6-12-20(13)17(21)23-18(2,3)4/h13-16,19H,6-12H2,1-5H3. The number of hydrogen-bond donors (Lipinski definition) is 1. The van der Waals surface area contributed by atoms with Crippen LogP contribution in [0.4, 0.5) is 4.79 Å². The summed E-state index contributed by atoms with van der Waals surface area (Å²) in [5.41, 5.74) is -0.435. The van der Waals surface area contributed by atoms with Crippen molar-refractivity contribution in [1.82, 2.24) is 10.2 Å². The van der Waals surface area contributed by atoms with E-state index < -0.39 is 5.60 Å². The molecule has 1 saturated carbocycles. The molecule has 0 bridgehead atoms. The van der Waals surface area contributed by atoms with Gasteiger partial charge in [0.05, 0.1) is 6.10 Å². The van der Waals surface area contributed by atoms with Crippen molar-refractivity contribution in [2.24, 2.45) is 0 Å². The number of rotatable bonds is 3. The van der Waals surface area contributed by atoms with E-state index in [2.05, 4.69) is 12.2 Å². The van der Waals surface area contributed by atoms with Crippen molar-refractivity contribution in [3.8, 4) is 0 Å². The van der Waals surface area contributed by atoms with Crippen LogP contribution in [0, 0.1) is 0 Å². The number of methoxy groups -OCH3 is 1. The van der Waals surface area contributed by atoms with Gasteiger partial charge in [-0.2, -0.15) is 0 Å². The lowest BCUT2D eigenvalue weighted by Crippen LogP contribution is -2.57. The summed E-state index contributed by atoms with van der Waals surface area (Å²) < 4.78 is 11.0. The molecule has 0 spiro atoms. The van der Waals surface area contributed by atoms with E-state index in [0.29, 0.717) is 18.2 Å². The van der Waals surface area contributed by atoms with E-state index in [4.69, 9.17) is 9.47 Å². The molecule has 1 heterocycles. The second-order valence-electron chi connectivity index (χ2n) is 8.04. The van der Waals surface area contributed by atoms with Crippen LogP contribution < -0.4 is 5.32 Å². The van der Waals surface area contributed by atoms with Gasteiger partial charge in [0, 0.05) is 31.8 Å². The number of carbonyl (C=O) groups is 1. The highest BCUT2D eigenvalue weighted by molar-refractivity contribution is 5.68. The number of hydrogen-bond acceptors (Lipinski definition) is 4. The van der Waals surface area contributed by atoms with E-state index in [9.17, 15) is 4.79 Å². The molecule has 0 aromatic carbocycles. The summed E-state index contributed by atoms with van der Waals surface area (Å²) >= 11 is 0. The molecule has 0 aromatic heterocycles. The maximum atomic E-state index is 12.4. The smallest absolute Gasteiger partial charge is 0.410 e. The van der Waals surface area contributed by atoms with Crippen molar-refractivity contribution in [1.29, 1.82) is 0 Å². The Morgan fingerprint density at radius 2 is 1.78 bits per heavy atom. The van der Waals surface area contributed by atoms with E-state index in [1.807, 2.05) is 25.7 Å². The minimum Gasteiger partial charge on any atom is -0.444 e. The zero-order valence-corrected chi connectivity index (χ0v) is 15.4. The van der Waals surface area contributed by atoms with Gasteiger partial charge in [-0.25, -0.2) is 4.79 Å². The second kappa shape index (κ2) is 7.84. The van der Waals surface area contributed by atoms with Gasteiger partial charge in [0.2, 0.25) is 0 Å². The molecular formula is C18H34N2O3. The van der Waals surface area contributed by atoms with Crippen molar-refractivity contribution in [2.45, 2.75) is 96.1 Å². The van der Waals surface area contributed by atoms with Crippen molar-refractivity contribution in [3.63, 3.8) is 0 Å². The lowest BCUT2D eigenvalue weighted by molar-refractivity contribution is 0.00490. The van der Waals surface area contributed by atoms with Crippen LogP contribution in [0.3, 0.4) is 0 Å². The number of ether oxygens (including phenoxy) is 2. The topological polar surface area (TPSA) is 50.8 Å². The Balaban J connectivity index is 1.87. The predicted octanol–water partition coefficient (Wildman–Crippen LogP) is 3.32. The van der Waals surface area contributed by atoms with Crippen LogP contribution in [0.2, 0.25) is 0 Å². The third-order valence-corrected chi connectivity index (χ3v) is 5.07. The van der Waals surface area contributed by atoms with E-state index in [1.54, 1.807) is 7.11 Å². The van der Waals surface area contributed by atoms with Gasteiger partial charge in [0.1, 0.15) is 5.60 Å². The van der Waals surface area contributed by atoms with Crippen LogP contribution in [0.5, 0.6) is 0 Å². The summed E-state index contributed by atoms with van der Waals surface area (Å²) in [6.45, 7) is 8.70. The zero-order chi connectivity index (χ0) is 17.0. The van der Waals surface area contributed by atoms with Gasteiger partial charge in [0.15, 0.2) is 0 Å². The zero-order valence-electron chi connectivity index (χ0n) is 15.4. The molecule has 2 fully saturated rings. The number of nitrogens with zero attached hydrogens (tertiary/aromatic N) is 1. The maximum Gasteiger partial charge on any atom is 0.410 e. The highest BCUT2D eigenvalue weighted by Gasteiger charge is 2.35. The first-order chi connectivity index (χ1) is 10.8. The third-order valence-electron chi connectivity index (χ3n) is 5.07. The second-order valence-corrected chi connectivity index (χ2v) is 8.04. The van der Waals surface area contributed by atoms with Gasteiger partial charge in [0.25, 0.3) is 0 Å². The summed E-state index contributed by atoms with van der Waals surface area (Å²) in [4.78, 5) is 14.3. The molecule has 5 nitrogen and oxygen atoms in total. The van der Waals surface area contributed by atoms with Gasteiger partial charge in [-0.05, 0) is 66.2 Å². The molecule has 1 amide bonds. The summed E-state index contributed by atoms with van der Waals surface area (Å²) in [6.07, 6.45) is 6.99. The molecule has 1 N–H and O–H groups in total. The minimum atomic E-state index is -0.435. The molecule has 23 heavy (non-hydrogen) atoms. The third kappa shape index (κ3) is 5.35. The molecule has 5 heteroatoms. The van der Waals surface area contributed by atoms with E-state index >= 15 is 0 Å². The Bertz CT molecular complexity index is 386. The van der Waals surface area contributed by atoms with E-state index in [1.165, 1.54) is 0 Å². The maximum absolute atomic E-state index is 12.4. The van der Waals surface area contributed by atoms with Crippen LogP contribution in [0.1, 0.15) is 66.2 Å². The molecule has 1 aliphatic carbocycles. The summed E-state index contributed by atoms with van der Waals surface area (Å²) in [7, 11) is 1.81. The largest absolute Gasteiger partial charge is 0.444 e. The first kappa shape index (κ1) is 18.5. The molecular weight excluding hydrogens is 292 g/mol. The highest BCUT2D eigenvalue weighted by Crippen LogP contribution is 2.25. The minimum absolute atomic E-state index is 0.179. The predicted molar refractivity (Wildman–Crippen MR) is 91.6 cm³/mol. The molecule has 2 rings (SSSR count). The number of piperidine rings is 1. The van der Waals surface area contributed by atoms with Crippen LogP contribution in [0.15, 0.2) is 0 Å². The van der Waals surface area contributed by atoms with Gasteiger partial charge < -0.3 is 19.7 Å². The van der Waals surface area contributed by atoms with Gasteiger partial charge in [-0.15, -0.1) is 0 Å². The Hall–Kier alpha value is -0.810. The van der Waals surface area contributed by atoms with Crippen molar-refractivity contribution >= 4 is 6.09 Å². The fourth-order valence-corrected chi connectivity index (χ4v) is 3.71. The quantitative estimate of drug-likeness (QED) is 0.864. The van der Waals surface area contributed by atoms with Gasteiger partial charge >= 0.3 is 6.09 Å². The van der Waals surface area contributed by atoms with Crippen molar-refractivity contribution in [3.05, 3.63) is 0 Å². The normalized spacial score (nSPS) is 32.7. The molecule has 0 aromatic rings. The molecule has 134 valence electrons. The molecule has 2 unspecified atom stereocenters. The number of nitrogens with one attached hydrogen (secondary N) is 1. The van der Waals surface area contributed by atoms with Crippen LogP contribution in [-0.4, -0.2) is 54.5 Å². The Labute approximate surface area is 141 Å². The Morgan fingerprint density at radius 3 is 2.35 bits per heavy atom. The first-order valence-electron chi connectivity index (χ1n) is 9.08. The monoisotopic (exact) mass is 326 g/mol. The number of likely N-dealkylation sites (tertiary alicyclic amines) is 1.